The molecule has 0 aliphatic rings. The molecule has 0 bridgehead atoms. The predicted molar refractivity (Wildman–Crippen MR) is 73.8 cm³/mol. The van der Waals surface area contributed by atoms with Crippen molar-refractivity contribution in [2.75, 3.05) is 0 Å². The number of carbonyl (C=O) groups is 1. The lowest BCUT2D eigenvalue weighted by atomic mass is 10.1. The fourth-order valence-electron chi connectivity index (χ4n) is 1.62. The normalized spacial score (nSPS) is 10.2. The Labute approximate surface area is 114 Å². The van der Waals surface area contributed by atoms with Crippen molar-refractivity contribution in [1.82, 2.24) is 0 Å². The zero-order valence-corrected chi connectivity index (χ0v) is 11.0. The summed E-state index contributed by atoms with van der Waals surface area (Å²) in [6.07, 6.45) is 0.829. The summed E-state index contributed by atoms with van der Waals surface area (Å²) in [6.45, 7) is 1.88. The Morgan fingerprint density at radius 1 is 1.11 bits per heavy atom. The number of nitro benzene ring substituents is 1. The van der Waals surface area contributed by atoms with Crippen molar-refractivity contribution >= 4 is 23.7 Å². The van der Waals surface area contributed by atoms with E-state index >= 15 is 0 Å². The zero-order valence-electron chi connectivity index (χ0n) is 10.2. The van der Waals surface area contributed by atoms with E-state index in [9.17, 15) is 14.9 Å². The number of carbonyl (C=O) groups excluding carboxylic acids is 1. The van der Waals surface area contributed by atoms with Crippen LogP contribution in [0.15, 0.2) is 52.3 Å². The third-order valence-corrected chi connectivity index (χ3v) is 3.65. The first-order chi connectivity index (χ1) is 9.10. The number of hydrogen-bond acceptors (Lipinski definition) is 4. The highest BCUT2D eigenvalue weighted by molar-refractivity contribution is 7.99. The first-order valence-electron chi connectivity index (χ1n) is 5.58. The fourth-order valence-corrected chi connectivity index (χ4v) is 2.53. The molecule has 0 heterocycles. The number of aryl methyl sites for hydroxylation is 1. The molecule has 0 radical (unpaired) electrons. The van der Waals surface area contributed by atoms with E-state index in [0.29, 0.717) is 5.56 Å². The van der Waals surface area contributed by atoms with E-state index in [0.717, 1.165) is 21.6 Å². The van der Waals surface area contributed by atoms with Gasteiger partial charge in [0.1, 0.15) is 6.29 Å². The third-order valence-electron chi connectivity index (χ3n) is 2.65. The van der Waals surface area contributed by atoms with E-state index in [1.165, 1.54) is 23.9 Å². The quantitative estimate of drug-likeness (QED) is 0.482. The molecule has 2 rings (SSSR count). The van der Waals surface area contributed by atoms with E-state index in [2.05, 4.69) is 0 Å². The average molecular weight is 273 g/mol. The van der Waals surface area contributed by atoms with Gasteiger partial charge in [-0.3, -0.25) is 14.9 Å². The van der Waals surface area contributed by atoms with Gasteiger partial charge in [-0.1, -0.05) is 17.8 Å². The Balaban J connectivity index is 2.19. The van der Waals surface area contributed by atoms with Gasteiger partial charge in [-0.15, -0.1) is 0 Å². The van der Waals surface area contributed by atoms with Gasteiger partial charge in [0.25, 0.3) is 5.69 Å². The van der Waals surface area contributed by atoms with Gasteiger partial charge in [0, 0.05) is 27.5 Å². The van der Waals surface area contributed by atoms with E-state index in [4.69, 9.17) is 0 Å². The van der Waals surface area contributed by atoms with Gasteiger partial charge in [0.15, 0.2) is 0 Å². The van der Waals surface area contributed by atoms with Crippen LogP contribution in [0.3, 0.4) is 0 Å². The molecule has 19 heavy (non-hydrogen) atoms. The molecule has 0 atom stereocenters. The van der Waals surface area contributed by atoms with Gasteiger partial charge in [-0.25, -0.2) is 0 Å². The highest BCUT2D eigenvalue weighted by atomic mass is 32.2. The molecule has 0 aromatic heterocycles. The third kappa shape index (κ3) is 3.20. The molecule has 2 aromatic carbocycles. The van der Waals surface area contributed by atoms with E-state index < -0.39 is 4.92 Å². The van der Waals surface area contributed by atoms with Crippen LogP contribution in [0, 0.1) is 17.0 Å². The maximum absolute atomic E-state index is 10.7. The van der Waals surface area contributed by atoms with Crippen molar-refractivity contribution in [2.24, 2.45) is 0 Å². The van der Waals surface area contributed by atoms with Gasteiger partial charge >= 0.3 is 0 Å². The highest BCUT2D eigenvalue weighted by Gasteiger charge is 2.05. The highest BCUT2D eigenvalue weighted by Crippen LogP contribution is 2.29. The number of non-ortho nitro benzene ring substituents is 1. The first-order valence-corrected chi connectivity index (χ1v) is 6.40. The second-order valence-electron chi connectivity index (χ2n) is 3.99. The van der Waals surface area contributed by atoms with Crippen molar-refractivity contribution in [2.45, 2.75) is 16.7 Å². The largest absolute Gasteiger partial charge is 0.298 e. The monoisotopic (exact) mass is 273 g/mol. The summed E-state index contributed by atoms with van der Waals surface area (Å²) in [5.41, 5.74) is 1.67. The first kappa shape index (κ1) is 13.3. The number of nitro groups is 1. The summed E-state index contributed by atoms with van der Waals surface area (Å²) >= 11 is 1.50. The van der Waals surface area contributed by atoms with Crippen LogP contribution in [0.5, 0.6) is 0 Å². The minimum absolute atomic E-state index is 0.0804. The van der Waals surface area contributed by atoms with E-state index in [1.807, 2.05) is 19.1 Å². The Kier molecular flexibility index (Phi) is 3.97. The minimum atomic E-state index is -0.419. The van der Waals surface area contributed by atoms with Crippen LogP contribution in [0.2, 0.25) is 0 Å². The summed E-state index contributed by atoms with van der Waals surface area (Å²) in [7, 11) is 0. The second kappa shape index (κ2) is 5.67. The lowest BCUT2D eigenvalue weighted by Crippen LogP contribution is -1.87. The zero-order chi connectivity index (χ0) is 13.8. The van der Waals surface area contributed by atoms with Gasteiger partial charge in [-0.2, -0.15) is 0 Å². The van der Waals surface area contributed by atoms with Crippen LogP contribution in [0.25, 0.3) is 0 Å². The molecule has 0 aliphatic heterocycles. The molecule has 0 unspecified atom stereocenters. The number of hydrogen-bond donors (Lipinski definition) is 0. The van der Waals surface area contributed by atoms with Gasteiger partial charge in [0.2, 0.25) is 0 Å². The lowest BCUT2D eigenvalue weighted by Gasteiger charge is -2.04. The van der Waals surface area contributed by atoms with Crippen molar-refractivity contribution < 1.29 is 9.72 Å². The Morgan fingerprint density at radius 3 is 2.26 bits per heavy atom. The SMILES string of the molecule is Cc1cc(Sc2ccc([N+](=O)[O-])cc2)ccc1C=O. The standard InChI is InChI=1S/C14H11NO3S/c1-10-8-14(5-2-11(10)9-16)19-13-6-3-12(4-7-13)15(17)18/h2-9H,1H3. The van der Waals surface area contributed by atoms with Gasteiger partial charge in [0.05, 0.1) is 4.92 Å². The Morgan fingerprint density at radius 2 is 1.74 bits per heavy atom. The number of rotatable bonds is 4. The minimum Gasteiger partial charge on any atom is -0.298 e. The van der Waals surface area contributed by atoms with Crippen molar-refractivity contribution in [3.05, 3.63) is 63.7 Å². The summed E-state index contributed by atoms with van der Waals surface area (Å²) in [5, 5.41) is 10.6. The smallest absolute Gasteiger partial charge is 0.269 e. The number of benzene rings is 2. The summed E-state index contributed by atoms with van der Waals surface area (Å²) in [4.78, 5) is 22.8. The molecule has 4 nitrogen and oxygen atoms in total. The molecule has 96 valence electrons. The summed E-state index contributed by atoms with van der Waals surface area (Å²) in [6, 6.07) is 12.0. The number of nitrogens with zero attached hydrogens (tertiary/aromatic N) is 1. The van der Waals surface area contributed by atoms with Crippen molar-refractivity contribution in [1.29, 1.82) is 0 Å². The molecular weight excluding hydrogens is 262 g/mol. The Bertz CT molecular complexity index is 623. The summed E-state index contributed by atoms with van der Waals surface area (Å²) < 4.78 is 0. The van der Waals surface area contributed by atoms with Crippen LogP contribution in [0.4, 0.5) is 5.69 Å². The molecule has 5 heteroatoms. The van der Waals surface area contributed by atoms with E-state index in [1.54, 1.807) is 18.2 Å². The average Bonchev–Trinajstić information content (AvgIpc) is 2.39. The van der Waals surface area contributed by atoms with Gasteiger partial charge < -0.3 is 0 Å². The topological polar surface area (TPSA) is 60.2 Å². The molecule has 0 saturated heterocycles. The molecule has 0 N–H and O–H groups in total. The molecule has 0 saturated carbocycles. The maximum atomic E-state index is 10.7. The number of aldehydes is 1. The second-order valence-corrected chi connectivity index (χ2v) is 5.14. The van der Waals surface area contributed by atoms with Crippen molar-refractivity contribution in [3.63, 3.8) is 0 Å². The van der Waals surface area contributed by atoms with Crippen LogP contribution in [-0.2, 0) is 0 Å². The summed E-state index contributed by atoms with van der Waals surface area (Å²) in [5.74, 6) is 0. The van der Waals surface area contributed by atoms with Gasteiger partial charge in [-0.05, 0) is 36.8 Å². The molecule has 2 aromatic rings. The molecule has 0 amide bonds. The fraction of sp³-hybridized carbons (Fsp3) is 0.0714. The van der Waals surface area contributed by atoms with E-state index in [-0.39, 0.29) is 5.69 Å². The van der Waals surface area contributed by atoms with Crippen LogP contribution in [0.1, 0.15) is 15.9 Å². The van der Waals surface area contributed by atoms with Crippen LogP contribution < -0.4 is 0 Å². The van der Waals surface area contributed by atoms with Crippen LogP contribution >= 0.6 is 11.8 Å². The van der Waals surface area contributed by atoms with Crippen LogP contribution in [-0.4, -0.2) is 11.2 Å². The molecule has 0 fully saturated rings. The maximum Gasteiger partial charge on any atom is 0.269 e. The lowest BCUT2D eigenvalue weighted by molar-refractivity contribution is -0.384. The Hall–Kier alpha value is -2.14. The van der Waals surface area contributed by atoms with Crippen molar-refractivity contribution in [3.8, 4) is 0 Å². The molecular formula is C14H11NO3S. The molecule has 0 spiro atoms. The predicted octanol–water partition coefficient (Wildman–Crippen LogP) is 3.87. The molecule has 0 aliphatic carbocycles.